The molecular weight excluding hydrogens is 228 g/mol. The van der Waals surface area contributed by atoms with Crippen molar-refractivity contribution >= 4 is 17.1 Å². The molecule has 1 aromatic heterocycles. The Morgan fingerprint density at radius 3 is 2.41 bits per heavy atom. The smallest absolute Gasteiger partial charge is 0.202 e. The summed E-state index contributed by atoms with van der Waals surface area (Å²) in [4.78, 5) is 12.9. The molecule has 0 fully saturated rings. The predicted molar refractivity (Wildman–Crippen MR) is 72.7 cm³/mol. The van der Waals surface area contributed by atoms with Crippen LogP contribution >= 0.6 is 11.3 Å². The van der Waals surface area contributed by atoms with Crippen molar-refractivity contribution in [3.05, 3.63) is 57.8 Å². The van der Waals surface area contributed by atoms with E-state index in [1.165, 1.54) is 16.9 Å². The Balaban J connectivity index is 2.15. The van der Waals surface area contributed by atoms with E-state index in [-0.39, 0.29) is 5.78 Å². The van der Waals surface area contributed by atoms with Crippen molar-refractivity contribution in [3.63, 3.8) is 0 Å². The van der Waals surface area contributed by atoms with Crippen molar-refractivity contribution in [3.8, 4) is 0 Å². The Kier molecular flexibility index (Phi) is 3.75. The zero-order valence-electron chi connectivity index (χ0n) is 10.1. The second kappa shape index (κ2) is 5.28. The molecule has 0 radical (unpaired) electrons. The lowest BCUT2D eigenvalue weighted by Crippen LogP contribution is -1.99. The van der Waals surface area contributed by atoms with E-state index in [9.17, 15) is 4.79 Å². The molecule has 2 aromatic rings. The van der Waals surface area contributed by atoms with Gasteiger partial charge in [-0.1, -0.05) is 44.2 Å². The van der Waals surface area contributed by atoms with Crippen LogP contribution in [0, 0.1) is 5.92 Å². The summed E-state index contributed by atoms with van der Waals surface area (Å²) >= 11 is 1.49. The first-order valence-corrected chi connectivity index (χ1v) is 6.72. The fourth-order valence-corrected chi connectivity index (χ4v) is 2.50. The molecule has 0 aliphatic rings. The van der Waals surface area contributed by atoms with Crippen LogP contribution in [0.1, 0.15) is 34.6 Å². The Morgan fingerprint density at radius 2 is 1.88 bits per heavy atom. The molecule has 1 aromatic carbocycles. The fraction of sp³-hybridized carbons (Fsp3) is 0.267. The van der Waals surface area contributed by atoms with Crippen LogP contribution in [-0.2, 0) is 6.42 Å². The van der Waals surface area contributed by atoms with Crippen molar-refractivity contribution in [1.29, 1.82) is 0 Å². The molecule has 0 saturated carbocycles. The average Bonchev–Trinajstić information content (AvgIpc) is 2.82. The first-order valence-electron chi connectivity index (χ1n) is 5.84. The third kappa shape index (κ3) is 3.04. The lowest BCUT2D eigenvalue weighted by atomic mass is 10.0. The minimum Gasteiger partial charge on any atom is -0.288 e. The maximum absolute atomic E-state index is 12.1. The van der Waals surface area contributed by atoms with Crippen LogP contribution in [0.4, 0.5) is 0 Å². The highest BCUT2D eigenvalue weighted by molar-refractivity contribution is 7.12. The maximum atomic E-state index is 12.1. The number of rotatable bonds is 4. The van der Waals surface area contributed by atoms with Gasteiger partial charge in [-0.2, -0.15) is 0 Å². The largest absolute Gasteiger partial charge is 0.288 e. The van der Waals surface area contributed by atoms with Crippen LogP contribution in [-0.4, -0.2) is 5.78 Å². The predicted octanol–water partition coefficient (Wildman–Crippen LogP) is 4.18. The monoisotopic (exact) mass is 244 g/mol. The molecule has 1 nitrogen and oxygen atoms in total. The van der Waals surface area contributed by atoms with Crippen LogP contribution < -0.4 is 0 Å². The van der Waals surface area contributed by atoms with Gasteiger partial charge >= 0.3 is 0 Å². The molecule has 0 unspecified atom stereocenters. The van der Waals surface area contributed by atoms with Crippen LogP contribution in [0.15, 0.2) is 41.8 Å². The molecule has 0 saturated heterocycles. The van der Waals surface area contributed by atoms with Crippen molar-refractivity contribution in [2.75, 3.05) is 0 Å². The van der Waals surface area contributed by atoms with Gasteiger partial charge in [0.1, 0.15) is 0 Å². The summed E-state index contributed by atoms with van der Waals surface area (Å²) in [7, 11) is 0. The van der Waals surface area contributed by atoms with Crippen LogP contribution in [0.5, 0.6) is 0 Å². The fourth-order valence-electron chi connectivity index (χ4n) is 1.81. The molecule has 0 bridgehead atoms. The van der Waals surface area contributed by atoms with Crippen molar-refractivity contribution < 1.29 is 4.79 Å². The quantitative estimate of drug-likeness (QED) is 0.737. The number of carbonyl (C=O) groups excluding carboxylic acids is 1. The average molecular weight is 244 g/mol. The lowest BCUT2D eigenvalue weighted by Gasteiger charge is -2.05. The molecule has 17 heavy (non-hydrogen) atoms. The molecule has 88 valence electrons. The van der Waals surface area contributed by atoms with Gasteiger partial charge in [-0.05, 0) is 29.3 Å². The highest BCUT2D eigenvalue weighted by atomic mass is 32.1. The van der Waals surface area contributed by atoms with Gasteiger partial charge < -0.3 is 0 Å². The van der Waals surface area contributed by atoms with Gasteiger partial charge in [0.2, 0.25) is 5.78 Å². The zero-order chi connectivity index (χ0) is 12.3. The molecule has 0 spiro atoms. The molecule has 0 N–H and O–H groups in total. The molecule has 0 aliphatic carbocycles. The van der Waals surface area contributed by atoms with Crippen LogP contribution in [0.2, 0.25) is 0 Å². The Labute approximate surface area is 106 Å². The molecule has 2 rings (SSSR count). The summed E-state index contributed by atoms with van der Waals surface area (Å²) in [6.07, 6.45) is 1.06. The molecule has 0 amide bonds. The molecular formula is C15H16OS. The summed E-state index contributed by atoms with van der Waals surface area (Å²) in [5.41, 5.74) is 2.07. The van der Waals surface area contributed by atoms with E-state index in [0.717, 1.165) is 16.9 Å². The second-order valence-electron chi connectivity index (χ2n) is 4.60. The lowest BCUT2D eigenvalue weighted by molar-refractivity contribution is 0.104. The van der Waals surface area contributed by atoms with E-state index in [1.54, 1.807) is 0 Å². The van der Waals surface area contributed by atoms with Gasteiger partial charge in [0.05, 0.1) is 4.88 Å². The molecule has 1 heterocycles. The molecule has 0 aliphatic heterocycles. The Bertz CT molecular complexity index is 480. The Morgan fingerprint density at radius 1 is 1.18 bits per heavy atom. The standard InChI is InChI=1S/C15H16OS/c1-11(2)10-12-5-7-13(8-6-12)15(16)14-4-3-9-17-14/h3-9,11H,10H2,1-2H3. The van der Waals surface area contributed by atoms with Gasteiger partial charge in [-0.15, -0.1) is 11.3 Å². The van der Waals surface area contributed by atoms with Crippen LogP contribution in [0.25, 0.3) is 0 Å². The third-order valence-electron chi connectivity index (χ3n) is 2.61. The van der Waals surface area contributed by atoms with Gasteiger partial charge in [-0.3, -0.25) is 4.79 Å². The second-order valence-corrected chi connectivity index (χ2v) is 5.55. The van der Waals surface area contributed by atoms with Gasteiger partial charge in [0.15, 0.2) is 0 Å². The van der Waals surface area contributed by atoms with Gasteiger partial charge in [-0.25, -0.2) is 0 Å². The summed E-state index contributed by atoms with van der Waals surface area (Å²) < 4.78 is 0. The minimum absolute atomic E-state index is 0.121. The summed E-state index contributed by atoms with van der Waals surface area (Å²) in [6, 6.07) is 11.8. The highest BCUT2D eigenvalue weighted by Crippen LogP contribution is 2.16. The van der Waals surface area contributed by atoms with Crippen LogP contribution in [0.3, 0.4) is 0 Å². The van der Waals surface area contributed by atoms with Gasteiger partial charge in [0, 0.05) is 5.56 Å². The van der Waals surface area contributed by atoms with E-state index >= 15 is 0 Å². The van der Waals surface area contributed by atoms with E-state index < -0.39 is 0 Å². The number of hydrogen-bond donors (Lipinski definition) is 0. The van der Waals surface area contributed by atoms with E-state index in [1.807, 2.05) is 29.6 Å². The van der Waals surface area contributed by atoms with E-state index in [4.69, 9.17) is 0 Å². The Hall–Kier alpha value is -1.41. The molecule has 0 atom stereocenters. The highest BCUT2D eigenvalue weighted by Gasteiger charge is 2.09. The summed E-state index contributed by atoms with van der Waals surface area (Å²) in [5.74, 6) is 0.768. The van der Waals surface area contributed by atoms with Gasteiger partial charge in [0.25, 0.3) is 0 Å². The topological polar surface area (TPSA) is 17.1 Å². The normalized spacial score (nSPS) is 10.8. The number of benzene rings is 1. The number of ketones is 1. The minimum atomic E-state index is 0.121. The third-order valence-corrected chi connectivity index (χ3v) is 3.47. The molecule has 2 heteroatoms. The summed E-state index contributed by atoms with van der Waals surface area (Å²) in [5, 5.41) is 1.93. The zero-order valence-corrected chi connectivity index (χ0v) is 11.0. The number of hydrogen-bond acceptors (Lipinski definition) is 2. The summed E-state index contributed by atoms with van der Waals surface area (Å²) in [6.45, 7) is 4.40. The first-order chi connectivity index (χ1) is 8.16. The van der Waals surface area contributed by atoms with E-state index in [0.29, 0.717) is 5.92 Å². The van der Waals surface area contributed by atoms with E-state index in [2.05, 4.69) is 26.0 Å². The maximum Gasteiger partial charge on any atom is 0.202 e. The SMILES string of the molecule is CC(C)Cc1ccc(C(=O)c2cccs2)cc1. The van der Waals surface area contributed by atoms with Crippen molar-refractivity contribution in [2.24, 2.45) is 5.92 Å². The number of thiophene rings is 1. The first kappa shape index (κ1) is 12.1. The van der Waals surface area contributed by atoms with Crippen molar-refractivity contribution in [2.45, 2.75) is 20.3 Å². The van der Waals surface area contributed by atoms with Crippen molar-refractivity contribution in [1.82, 2.24) is 0 Å². The number of carbonyl (C=O) groups is 1.